The molecule has 4 heteroatoms. The zero-order valence-electron chi connectivity index (χ0n) is 14.8. The van der Waals surface area contributed by atoms with E-state index in [9.17, 15) is 4.79 Å². The molecule has 26 heavy (non-hydrogen) atoms. The molecule has 1 N–H and O–H groups in total. The quantitative estimate of drug-likeness (QED) is 0.699. The molecule has 0 bridgehead atoms. The Bertz CT molecular complexity index is 828. The summed E-state index contributed by atoms with van der Waals surface area (Å²) in [6.07, 6.45) is 4.50. The van der Waals surface area contributed by atoms with E-state index >= 15 is 0 Å². The molecule has 0 radical (unpaired) electrons. The maximum Gasteiger partial charge on any atom is 0.251 e. The summed E-state index contributed by atoms with van der Waals surface area (Å²) in [6.45, 7) is 3.06. The largest absolute Gasteiger partial charge is 0.489 e. The molecule has 3 aromatic rings. The molecule has 2 aromatic carbocycles. The highest BCUT2D eigenvalue weighted by Gasteiger charge is 2.05. The number of carbonyl (C=O) groups excluding carboxylic acids is 1. The standard InChI is InChI=1S/C22H22N2O2/c1-2-17-5-9-20(10-6-17)22(25)24-15-18-7-11-21(12-8-18)26-16-19-4-3-13-23-14-19/h3-14H,2,15-16H2,1H3,(H,24,25). The van der Waals surface area contributed by atoms with E-state index in [0.29, 0.717) is 18.7 Å². The Labute approximate surface area is 153 Å². The van der Waals surface area contributed by atoms with Crippen LogP contribution in [0, 0.1) is 0 Å². The van der Waals surface area contributed by atoms with Crippen LogP contribution in [0.1, 0.15) is 34.0 Å². The van der Waals surface area contributed by atoms with Gasteiger partial charge in [-0.1, -0.05) is 37.3 Å². The van der Waals surface area contributed by atoms with Gasteiger partial charge in [-0.3, -0.25) is 9.78 Å². The molecule has 0 unspecified atom stereocenters. The van der Waals surface area contributed by atoms with Crippen LogP contribution >= 0.6 is 0 Å². The maximum atomic E-state index is 12.2. The lowest BCUT2D eigenvalue weighted by Crippen LogP contribution is -2.22. The number of hydrogen-bond donors (Lipinski definition) is 1. The summed E-state index contributed by atoms with van der Waals surface area (Å²) in [7, 11) is 0. The molecular formula is C22H22N2O2. The molecule has 0 aliphatic rings. The minimum Gasteiger partial charge on any atom is -0.489 e. The van der Waals surface area contributed by atoms with Crippen molar-refractivity contribution in [3.8, 4) is 5.75 Å². The van der Waals surface area contributed by atoms with Crippen molar-refractivity contribution in [2.24, 2.45) is 0 Å². The number of ether oxygens (including phenoxy) is 1. The number of rotatable bonds is 7. The minimum atomic E-state index is -0.0652. The number of nitrogens with zero attached hydrogens (tertiary/aromatic N) is 1. The first kappa shape index (κ1) is 17.7. The number of aromatic nitrogens is 1. The van der Waals surface area contributed by atoms with Crippen molar-refractivity contribution in [3.05, 3.63) is 95.3 Å². The van der Waals surface area contributed by atoms with Gasteiger partial charge in [0, 0.05) is 30.1 Å². The van der Waals surface area contributed by atoms with Crippen molar-refractivity contribution in [2.75, 3.05) is 0 Å². The van der Waals surface area contributed by atoms with Crippen molar-refractivity contribution in [2.45, 2.75) is 26.5 Å². The molecule has 0 aliphatic carbocycles. The lowest BCUT2D eigenvalue weighted by atomic mass is 10.1. The highest BCUT2D eigenvalue weighted by atomic mass is 16.5. The summed E-state index contributed by atoms with van der Waals surface area (Å²) >= 11 is 0. The zero-order valence-corrected chi connectivity index (χ0v) is 14.8. The van der Waals surface area contributed by atoms with Crippen molar-refractivity contribution < 1.29 is 9.53 Å². The van der Waals surface area contributed by atoms with E-state index in [1.807, 2.05) is 60.7 Å². The van der Waals surface area contributed by atoms with Crippen molar-refractivity contribution >= 4 is 5.91 Å². The normalized spacial score (nSPS) is 10.3. The molecule has 0 atom stereocenters. The van der Waals surface area contributed by atoms with Gasteiger partial charge in [0.25, 0.3) is 5.91 Å². The summed E-state index contributed by atoms with van der Waals surface area (Å²) in [4.78, 5) is 16.3. The molecule has 132 valence electrons. The van der Waals surface area contributed by atoms with Gasteiger partial charge in [0.2, 0.25) is 0 Å². The Hall–Kier alpha value is -3.14. The number of carbonyl (C=O) groups is 1. The number of hydrogen-bond acceptors (Lipinski definition) is 3. The van der Waals surface area contributed by atoms with Crippen LogP contribution in [-0.2, 0) is 19.6 Å². The first-order chi connectivity index (χ1) is 12.7. The third kappa shape index (κ3) is 4.93. The summed E-state index contributed by atoms with van der Waals surface area (Å²) in [5.41, 5.74) is 3.96. The predicted octanol–water partition coefficient (Wildman–Crippen LogP) is 4.15. The Morgan fingerprint density at radius 2 is 1.69 bits per heavy atom. The fourth-order valence-electron chi connectivity index (χ4n) is 2.53. The average molecular weight is 346 g/mol. The lowest BCUT2D eigenvalue weighted by molar-refractivity contribution is 0.0951. The van der Waals surface area contributed by atoms with Gasteiger partial charge in [-0.15, -0.1) is 0 Å². The molecule has 0 spiro atoms. The topological polar surface area (TPSA) is 51.2 Å². The lowest BCUT2D eigenvalue weighted by Gasteiger charge is -2.08. The van der Waals surface area contributed by atoms with E-state index in [1.54, 1.807) is 12.4 Å². The van der Waals surface area contributed by atoms with Crippen molar-refractivity contribution in [1.29, 1.82) is 0 Å². The van der Waals surface area contributed by atoms with Crippen LogP contribution in [0.3, 0.4) is 0 Å². The minimum absolute atomic E-state index is 0.0652. The molecular weight excluding hydrogens is 324 g/mol. The van der Waals surface area contributed by atoms with E-state index in [2.05, 4.69) is 17.2 Å². The van der Waals surface area contributed by atoms with E-state index in [-0.39, 0.29) is 5.91 Å². The van der Waals surface area contributed by atoms with Gasteiger partial charge >= 0.3 is 0 Å². The van der Waals surface area contributed by atoms with Crippen LogP contribution in [0.5, 0.6) is 5.75 Å². The summed E-state index contributed by atoms with van der Waals surface area (Å²) < 4.78 is 5.74. The van der Waals surface area contributed by atoms with Crippen LogP contribution in [0.15, 0.2) is 73.1 Å². The van der Waals surface area contributed by atoms with Gasteiger partial charge in [-0.25, -0.2) is 0 Å². The molecule has 0 saturated carbocycles. The summed E-state index contributed by atoms with van der Waals surface area (Å²) in [5, 5.41) is 2.94. The van der Waals surface area contributed by atoms with Gasteiger partial charge in [-0.05, 0) is 47.9 Å². The second-order valence-electron chi connectivity index (χ2n) is 6.03. The molecule has 3 rings (SSSR count). The Morgan fingerprint density at radius 3 is 2.35 bits per heavy atom. The van der Waals surface area contributed by atoms with Gasteiger partial charge in [0.05, 0.1) is 0 Å². The highest BCUT2D eigenvalue weighted by Crippen LogP contribution is 2.14. The van der Waals surface area contributed by atoms with E-state index in [1.165, 1.54) is 5.56 Å². The van der Waals surface area contributed by atoms with Gasteiger partial charge in [-0.2, -0.15) is 0 Å². The number of aryl methyl sites for hydroxylation is 1. The Balaban J connectivity index is 1.49. The third-order valence-corrected chi connectivity index (χ3v) is 4.13. The van der Waals surface area contributed by atoms with Crippen LogP contribution in [0.25, 0.3) is 0 Å². The molecule has 0 aliphatic heterocycles. The second kappa shape index (κ2) is 8.81. The average Bonchev–Trinajstić information content (AvgIpc) is 2.72. The molecule has 1 aromatic heterocycles. The zero-order chi connectivity index (χ0) is 18.2. The Morgan fingerprint density at radius 1 is 0.962 bits per heavy atom. The molecule has 4 nitrogen and oxygen atoms in total. The summed E-state index contributed by atoms with van der Waals surface area (Å²) in [5.74, 6) is 0.726. The monoisotopic (exact) mass is 346 g/mol. The summed E-state index contributed by atoms with van der Waals surface area (Å²) in [6, 6.07) is 19.3. The first-order valence-electron chi connectivity index (χ1n) is 8.72. The number of benzene rings is 2. The molecule has 0 fully saturated rings. The number of amides is 1. The smallest absolute Gasteiger partial charge is 0.251 e. The molecule has 0 saturated heterocycles. The first-order valence-corrected chi connectivity index (χ1v) is 8.72. The van der Waals surface area contributed by atoms with Gasteiger partial charge < -0.3 is 10.1 Å². The fraction of sp³-hybridized carbons (Fsp3) is 0.182. The van der Waals surface area contributed by atoms with E-state index in [4.69, 9.17) is 4.74 Å². The van der Waals surface area contributed by atoms with Gasteiger partial charge in [0.1, 0.15) is 12.4 Å². The molecule has 1 amide bonds. The van der Waals surface area contributed by atoms with E-state index in [0.717, 1.165) is 23.3 Å². The van der Waals surface area contributed by atoms with Crippen LogP contribution in [0.4, 0.5) is 0 Å². The van der Waals surface area contributed by atoms with Crippen LogP contribution in [-0.4, -0.2) is 10.9 Å². The highest BCUT2D eigenvalue weighted by molar-refractivity contribution is 5.94. The fourth-order valence-corrected chi connectivity index (χ4v) is 2.53. The van der Waals surface area contributed by atoms with E-state index < -0.39 is 0 Å². The molecule has 1 heterocycles. The number of nitrogens with one attached hydrogen (secondary N) is 1. The third-order valence-electron chi connectivity index (χ3n) is 4.13. The second-order valence-corrected chi connectivity index (χ2v) is 6.03. The predicted molar refractivity (Wildman–Crippen MR) is 102 cm³/mol. The van der Waals surface area contributed by atoms with Crippen LogP contribution < -0.4 is 10.1 Å². The SMILES string of the molecule is CCc1ccc(C(=O)NCc2ccc(OCc3cccnc3)cc2)cc1. The Kier molecular flexibility index (Phi) is 5.99. The van der Waals surface area contributed by atoms with Crippen molar-refractivity contribution in [1.82, 2.24) is 10.3 Å². The van der Waals surface area contributed by atoms with Crippen molar-refractivity contribution in [3.63, 3.8) is 0 Å². The number of pyridine rings is 1. The van der Waals surface area contributed by atoms with Gasteiger partial charge in [0.15, 0.2) is 0 Å². The van der Waals surface area contributed by atoms with Crippen LogP contribution in [0.2, 0.25) is 0 Å². The maximum absolute atomic E-state index is 12.2.